The van der Waals surface area contributed by atoms with E-state index in [0.29, 0.717) is 11.2 Å². The van der Waals surface area contributed by atoms with Crippen LogP contribution in [0.3, 0.4) is 0 Å². The van der Waals surface area contributed by atoms with Gasteiger partial charge in [-0.3, -0.25) is 0 Å². The number of anilines is 1. The number of hydrogen-bond donors (Lipinski definition) is 0. The Balaban J connectivity index is 3.26. The summed E-state index contributed by atoms with van der Waals surface area (Å²) in [4.78, 5) is 11.0. The number of hydrogen-bond acceptors (Lipinski definition) is 3. The van der Waals surface area contributed by atoms with E-state index in [4.69, 9.17) is 11.6 Å². The smallest absolute Gasteiger partial charge is 0.137 e. The highest BCUT2D eigenvalue weighted by Gasteiger charge is 2.16. The normalized spacial score (nSPS) is 11.3. The first-order valence-corrected chi connectivity index (χ1v) is 5.99. The van der Waals surface area contributed by atoms with Crippen LogP contribution < -0.4 is 4.90 Å². The molecule has 0 N–H and O–H groups in total. The molecule has 90 valence electrons. The zero-order valence-corrected chi connectivity index (χ0v) is 11.6. The lowest BCUT2D eigenvalue weighted by Crippen LogP contribution is -2.28. The lowest BCUT2D eigenvalue weighted by molar-refractivity contribution is 0.714. The molecule has 0 spiro atoms. The van der Waals surface area contributed by atoms with Crippen LogP contribution in [0, 0.1) is 6.92 Å². The average molecular weight is 242 g/mol. The van der Waals surface area contributed by atoms with Gasteiger partial charge in [-0.25, -0.2) is 9.97 Å². The van der Waals surface area contributed by atoms with E-state index < -0.39 is 0 Å². The quantitative estimate of drug-likeness (QED) is 0.760. The summed E-state index contributed by atoms with van der Waals surface area (Å²) in [6.07, 6.45) is 0. The molecular weight excluding hydrogens is 222 g/mol. The average Bonchev–Trinajstić information content (AvgIpc) is 2.20. The van der Waals surface area contributed by atoms with Crippen molar-refractivity contribution in [2.24, 2.45) is 0 Å². The highest BCUT2D eigenvalue weighted by molar-refractivity contribution is 6.30. The zero-order chi connectivity index (χ0) is 12.5. The molecule has 0 bridgehead atoms. The van der Waals surface area contributed by atoms with E-state index in [1.165, 1.54) is 0 Å². The van der Waals surface area contributed by atoms with Crippen molar-refractivity contribution in [2.75, 3.05) is 11.9 Å². The summed E-state index contributed by atoms with van der Waals surface area (Å²) in [6.45, 7) is 10.4. The molecule has 1 aromatic heterocycles. The molecule has 0 saturated carbocycles. The Hall–Kier alpha value is -0.830. The van der Waals surface area contributed by atoms with Crippen molar-refractivity contribution in [2.45, 2.75) is 46.6 Å². The Morgan fingerprint density at radius 1 is 1.12 bits per heavy atom. The molecule has 0 amide bonds. The Kier molecular flexibility index (Phi) is 4.14. The van der Waals surface area contributed by atoms with Gasteiger partial charge < -0.3 is 4.90 Å². The van der Waals surface area contributed by atoms with Gasteiger partial charge in [0.15, 0.2) is 0 Å². The highest BCUT2D eigenvalue weighted by atomic mass is 35.5. The van der Waals surface area contributed by atoms with Crippen LogP contribution in [0.4, 0.5) is 5.82 Å². The molecular formula is C12H20ClN3. The molecule has 0 unspecified atom stereocenters. The van der Waals surface area contributed by atoms with Crippen molar-refractivity contribution in [3.05, 3.63) is 16.5 Å². The van der Waals surface area contributed by atoms with Gasteiger partial charge in [0.1, 0.15) is 16.8 Å². The van der Waals surface area contributed by atoms with Crippen LogP contribution in [0.5, 0.6) is 0 Å². The van der Waals surface area contributed by atoms with Crippen molar-refractivity contribution in [1.29, 1.82) is 0 Å². The summed E-state index contributed by atoms with van der Waals surface area (Å²) in [5, 5.41) is 0.557. The summed E-state index contributed by atoms with van der Waals surface area (Å²) < 4.78 is 0. The van der Waals surface area contributed by atoms with Crippen LogP contribution in [0.25, 0.3) is 0 Å². The van der Waals surface area contributed by atoms with Gasteiger partial charge in [0.25, 0.3) is 0 Å². The van der Waals surface area contributed by atoms with Gasteiger partial charge in [-0.1, -0.05) is 25.4 Å². The van der Waals surface area contributed by atoms with Crippen LogP contribution >= 0.6 is 11.6 Å². The predicted molar refractivity (Wildman–Crippen MR) is 69.4 cm³/mol. The molecule has 3 nitrogen and oxygen atoms in total. The number of halogens is 1. The van der Waals surface area contributed by atoms with Crippen molar-refractivity contribution in [3.8, 4) is 0 Å². The topological polar surface area (TPSA) is 29.0 Å². The van der Waals surface area contributed by atoms with Crippen molar-refractivity contribution >= 4 is 17.4 Å². The molecule has 0 radical (unpaired) electrons. The fourth-order valence-corrected chi connectivity index (χ4v) is 1.51. The Bertz CT molecular complexity index is 375. The maximum absolute atomic E-state index is 6.13. The van der Waals surface area contributed by atoms with E-state index in [9.17, 15) is 0 Å². The van der Waals surface area contributed by atoms with Gasteiger partial charge in [-0.2, -0.15) is 0 Å². The van der Waals surface area contributed by atoms with E-state index in [1.807, 2.05) is 14.0 Å². The van der Waals surface area contributed by atoms with E-state index in [-0.39, 0.29) is 5.92 Å². The molecule has 0 aliphatic heterocycles. The van der Waals surface area contributed by atoms with Crippen LogP contribution in [0.1, 0.15) is 45.0 Å². The SMILES string of the molecule is Cc1c(Cl)nc(C(C)C)nc1N(C)C(C)C. The second-order valence-electron chi connectivity index (χ2n) is 4.68. The molecule has 16 heavy (non-hydrogen) atoms. The summed E-state index contributed by atoms with van der Waals surface area (Å²) >= 11 is 6.13. The van der Waals surface area contributed by atoms with Gasteiger partial charge in [0.2, 0.25) is 0 Å². The lowest BCUT2D eigenvalue weighted by Gasteiger charge is -2.25. The van der Waals surface area contributed by atoms with Gasteiger partial charge in [-0.15, -0.1) is 0 Å². The maximum atomic E-state index is 6.13. The fraction of sp³-hybridized carbons (Fsp3) is 0.667. The molecule has 0 atom stereocenters. The molecule has 0 saturated heterocycles. The molecule has 0 aliphatic carbocycles. The largest absolute Gasteiger partial charge is 0.357 e. The van der Waals surface area contributed by atoms with Gasteiger partial charge in [0, 0.05) is 24.6 Å². The minimum atomic E-state index is 0.289. The third kappa shape index (κ3) is 2.64. The molecule has 0 aromatic carbocycles. The number of rotatable bonds is 3. The Morgan fingerprint density at radius 3 is 2.12 bits per heavy atom. The molecule has 0 aliphatic rings. The number of aromatic nitrogens is 2. The third-order valence-electron chi connectivity index (χ3n) is 2.70. The molecule has 1 heterocycles. The van der Waals surface area contributed by atoms with Crippen LogP contribution in [-0.2, 0) is 0 Å². The first-order valence-electron chi connectivity index (χ1n) is 5.61. The third-order valence-corrected chi connectivity index (χ3v) is 3.07. The summed E-state index contributed by atoms with van der Waals surface area (Å²) in [6, 6.07) is 0.393. The fourth-order valence-electron chi connectivity index (χ4n) is 1.34. The van der Waals surface area contributed by atoms with Crippen molar-refractivity contribution in [3.63, 3.8) is 0 Å². The number of nitrogens with zero attached hydrogens (tertiary/aromatic N) is 3. The second-order valence-corrected chi connectivity index (χ2v) is 5.04. The van der Waals surface area contributed by atoms with Crippen LogP contribution in [-0.4, -0.2) is 23.1 Å². The molecule has 1 aromatic rings. The molecule has 1 rings (SSSR count). The summed E-state index contributed by atoms with van der Waals surface area (Å²) in [7, 11) is 2.03. The van der Waals surface area contributed by atoms with Gasteiger partial charge in [0.05, 0.1) is 0 Å². The molecule has 4 heteroatoms. The lowest BCUT2D eigenvalue weighted by atomic mass is 10.2. The van der Waals surface area contributed by atoms with Crippen molar-refractivity contribution in [1.82, 2.24) is 9.97 Å². The first kappa shape index (κ1) is 13.2. The van der Waals surface area contributed by atoms with E-state index in [2.05, 4.69) is 42.6 Å². The highest BCUT2D eigenvalue weighted by Crippen LogP contribution is 2.25. The van der Waals surface area contributed by atoms with E-state index in [0.717, 1.165) is 17.2 Å². The van der Waals surface area contributed by atoms with Gasteiger partial charge in [-0.05, 0) is 20.8 Å². The maximum Gasteiger partial charge on any atom is 0.137 e. The monoisotopic (exact) mass is 241 g/mol. The summed E-state index contributed by atoms with van der Waals surface area (Å²) in [5.41, 5.74) is 0.947. The predicted octanol–water partition coefficient (Wildman–Crippen LogP) is 3.41. The Labute approximate surface area is 103 Å². The van der Waals surface area contributed by atoms with Crippen LogP contribution in [0.2, 0.25) is 5.15 Å². The van der Waals surface area contributed by atoms with Crippen molar-refractivity contribution < 1.29 is 0 Å². The van der Waals surface area contributed by atoms with E-state index >= 15 is 0 Å². The van der Waals surface area contributed by atoms with Gasteiger partial charge >= 0.3 is 0 Å². The minimum Gasteiger partial charge on any atom is -0.357 e. The minimum absolute atomic E-state index is 0.289. The summed E-state index contributed by atoms with van der Waals surface area (Å²) in [5.74, 6) is 2.02. The molecule has 0 fully saturated rings. The standard InChI is InChI=1S/C12H20ClN3/c1-7(2)11-14-10(13)9(5)12(15-11)16(6)8(3)4/h7-8H,1-6H3. The van der Waals surface area contributed by atoms with Crippen LogP contribution in [0.15, 0.2) is 0 Å². The van der Waals surface area contributed by atoms with E-state index in [1.54, 1.807) is 0 Å². The zero-order valence-electron chi connectivity index (χ0n) is 10.9. The Morgan fingerprint density at radius 2 is 1.69 bits per heavy atom. The first-order chi connectivity index (χ1) is 7.34. The second kappa shape index (κ2) is 5.00.